The fourth-order valence-electron chi connectivity index (χ4n) is 4.76. The zero-order valence-corrected chi connectivity index (χ0v) is 23.1. The minimum atomic E-state index is -0.436. The predicted molar refractivity (Wildman–Crippen MR) is 151 cm³/mol. The first-order valence-electron chi connectivity index (χ1n) is 12.9. The molecular weight excluding hydrogens is 515 g/mol. The molecule has 4 heterocycles. The van der Waals surface area contributed by atoms with E-state index in [1.54, 1.807) is 17.9 Å². The Morgan fingerprint density at radius 3 is 2.72 bits per heavy atom. The quantitative estimate of drug-likeness (QED) is 0.354. The zero-order valence-electron chi connectivity index (χ0n) is 22.3. The summed E-state index contributed by atoms with van der Waals surface area (Å²) in [6.45, 7) is 8.37. The molecule has 0 bridgehead atoms. The summed E-state index contributed by atoms with van der Waals surface area (Å²) in [5.74, 6) is 0.576. The van der Waals surface area contributed by atoms with Crippen molar-refractivity contribution in [1.29, 1.82) is 5.26 Å². The van der Waals surface area contributed by atoms with Gasteiger partial charge in [0.05, 0.1) is 41.9 Å². The van der Waals surface area contributed by atoms with Gasteiger partial charge in [-0.15, -0.1) is 11.3 Å². The third-order valence-electron chi connectivity index (χ3n) is 7.03. The van der Waals surface area contributed by atoms with E-state index < -0.39 is 5.82 Å². The molecule has 3 aromatic heterocycles. The van der Waals surface area contributed by atoms with E-state index in [-0.39, 0.29) is 11.5 Å². The van der Waals surface area contributed by atoms with Crippen LogP contribution in [-0.4, -0.2) is 70.0 Å². The third kappa shape index (κ3) is 5.72. The summed E-state index contributed by atoms with van der Waals surface area (Å²) in [5, 5.41) is 15.7. The Kier molecular flexibility index (Phi) is 7.77. The second-order valence-corrected chi connectivity index (χ2v) is 10.6. The van der Waals surface area contributed by atoms with Crippen LogP contribution in [0.1, 0.15) is 30.1 Å². The number of pyridine rings is 1. The summed E-state index contributed by atoms with van der Waals surface area (Å²) in [7, 11) is 1.83. The van der Waals surface area contributed by atoms with E-state index in [2.05, 4.69) is 50.8 Å². The number of nitrogens with one attached hydrogen (secondary N) is 1. The van der Waals surface area contributed by atoms with Crippen molar-refractivity contribution in [3.05, 3.63) is 64.0 Å². The molecule has 5 rings (SSSR count). The minimum Gasteiger partial charge on any atom is -0.368 e. The highest BCUT2D eigenvalue weighted by Gasteiger charge is 2.20. The normalized spacial score (nSPS) is 14.0. The van der Waals surface area contributed by atoms with Gasteiger partial charge < -0.3 is 15.1 Å². The molecule has 0 spiro atoms. The molecule has 4 aromatic rings. The molecule has 0 unspecified atom stereocenters. The van der Waals surface area contributed by atoms with Crippen LogP contribution < -0.4 is 10.2 Å². The maximum absolute atomic E-state index is 13.6. The molecule has 1 fully saturated rings. The van der Waals surface area contributed by atoms with Gasteiger partial charge in [-0.3, -0.25) is 14.1 Å². The van der Waals surface area contributed by atoms with Crippen LogP contribution in [0.25, 0.3) is 16.9 Å². The van der Waals surface area contributed by atoms with E-state index in [1.165, 1.54) is 23.5 Å². The van der Waals surface area contributed by atoms with Gasteiger partial charge in [0.15, 0.2) is 0 Å². The number of aromatic nitrogens is 3. The van der Waals surface area contributed by atoms with E-state index in [9.17, 15) is 14.4 Å². The lowest BCUT2D eigenvalue weighted by atomic mass is 10.1. The number of carbonyl (C=O) groups excluding carboxylic acids is 1. The molecule has 0 radical (unpaired) electrons. The number of benzene rings is 1. The second kappa shape index (κ2) is 11.4. The number of hydrogen-bond donors (Lipinski definition) is 1. The number of fused-ring (bicyclic) bond motifs is 1. The number of carbonyl (C=O) groups is 1. The van der Waals surface area contributed by atoms with E-state index in [0.29, 0.717) is 24.5 Å². The van der Waals surface area contributed by atoms with Crippen molar-refractivity contribution in [3.8, 4) is 17.3 Å². The molecule has 0 aliphatic carbocycles. The molecule has 11 heteroatoms. The van der Waals surface area contributed by atoms with Gasteiger partial charge in [0.25, 0.3) is 0 Å². The van der Waals surface area contributed by atoms with Crippen LogP contribution in [0, 0.1) is 17.1 Å². The average Bonchev–Trinajstić information content (AvgIpc) is 3.56. The molecule has 39 heavy (non-hydrogen) atoms. The largest absolute Gasteiger partial charge is 0.368 e. The Balaban J connectivity index is 1.31. The summed E-state index contributed by atoms with van der Waals surface area (Å²) < 4.78 is 15.7. The lowest BCUT2D eigenvalue weighted by Gasteiger charge is -2.37. The molecule has 9 nitrogen and oxygen atoms in total. The standard InChI is InChI=1S/C28H31FN8OS/c1-4-24-28(31-15-27-33-25(17-39-27)23-7-5-21(29)13-20(23)14-30)37-16-22(6-8-26(37)32-24)36-11-9-35(10-12-36)18-34(3)19(2)38/h5-8,13,16-17,31H,4,9-12,15,18H2,1-3H3. The van der Waals surface area contributed by atoms with Gasteiger partial charge in [0.2, 0.25) is 5.91 Å². The number of amides is 1. The monoisotopic (exact) mass is 546 g/mol. The SMILES string of the molecule is CCc1nc2ccc(N3CCN(CN(C)C(C)=O)CC3)cn2c1NCc1nc(-c2ccc(F)cc2C#N)cs1. The number of aryl methyl sites for hydroxylation is 1. The van der Waals surface area contributed by atoms with E-state index in [0.717, 1.165) is 60.5 Å². The Morgan fingerprint density at radius 2 is 2.00 bits per heavy atom. The van der Waals surface area contributed by atoms with Gasteiger partial charge in [0, 0.05) is 57.3 Å². The Bertz CT molecular complexity index is 1530. The van der Waals surface area contributed by atoms with Gasteiger partial charge >= 0.3 is 0 Å². The molecule has 1 aliphatic rings. The zero-order chi connectivity index (χ0) is 27.5. The number of thiazole rings is 1. The Morgan fingerprint density at radius 1 is 1.21 bits per heavy atom. The molecular formula is C28H31FN8OS. The van der Waals surface area contributed by atoms with Crippen LogP contribution >= 0.6 is 11.3 Å². The molecule has 202 valence electrons. The third-order valence-corrected chi connectivity index (χ3v) is 7.88. The maximum atomic E-state index is 13.6. The van der Waals surface area contributed by atoms with Crippen molar-refractivity contribution in [2.45, 2.75) is 26.8 Å². The van der Waals surface area contributed by atoms with E-state index in [4.69, 9.17) is 9.97 Å². The number of rotatable bonds is 8. The van der Waals surface area contributed by atoms with Crippen LogP contribution in [0.2, 0.25) is 0 Å². The highest BCUT2D eigenvalue weighted by atomic mass is 32.1. The summed E-state index contributed by atoms with van der Waals surface area (Å²) in [4.78, 5) is 27.5. The number of anilines is 2. The fraction of sp³-hybridized carbons (Fsp3) is 0.357. The molecule has 0 atom stereocenters. The van der Waals surface area contributed by atoms with Crippen molar-refractivity contribution in [2.24, 2.45) is 0 Å². The molecule has 1 aromatic carbocycles. The minimum absolute atomic E-state index is 0.0751. The number of imidazole rings is 1. The van der Waals surface area contributed by atoms with Crippen molar-refractivity contribution in [2.75, 3.05) is 50.1 Å². The molecule has 1 saturated heterocycles. The highest BCUT2D eigenvalue weighted by Crippen LogP contribution is 2.28. The van der Waals surface area contributed by atoms with Gasteiger partial charge in [-0.25, -0.2) is 14.4 Å². The number of nitriles is 1. The van der Waals surface area contributed by atoms with Crippen LogP contribution in [-0.2, 0) is 17.8 Å². The van der Waals surface area contributed by atoms with Crippen molar-refractivity contribution >= 4 is 34.4 Å². The summed E-state index contributed by atoms with van der Waals surface area (Å²) in [5.41, 5.74) is 4.55. The first-order chi connectivity index (χ1) is 18.9. The summed E-state index contributed by atoms with van der Waals surface area (Å²) in [6, 6.07) is 10.4. The molecule has 0 saturated carbocycles. The van der Waals surface area contributed by atoms with E-state index in [1.807, 2.05) is 12.4 Å². The highest BCUT2D eigenvalue weighted by molar-refractivity contribution is 7.10. The average molecular weight is 547 g/mol. The van der Waals surface area contributed by atoms with Crippen LogP contribution in [0.3, 0.4) is 0 Å². The van der Waals surface area contributed by atoms with Crippen LogP contribution in [0.4, 0.5) is 15.9 Å². The van der Waals surface area contributed by atoms with Crippen molar-refractivity contribution in [1.82, 2.24) is 24.2 Å². The topological polar surface area (TPSA) is 92.8 Å². The van der Waals surface area contributed by atoms with Crippen LogP contribution in [0.5, 0.6) is 0 Å². The lowest BCUT2D eigenvalue weighted by Crippen LogP contribution is -2.50. The Labute approximate surface area is 231 Å². The van der Waals surface area contributed by atoms with Gasteiger partial charge in [-0.05, 0) is 36.8 Å². The fourth-order valence-corrected chi connectivity index (χ4v) is 5.49. The van der Waals surface area contributed by atoms with E-state index >= 15 is 0 Å². The first-order valence-corrected chi connectivity index (χ1v) is 13.8. The number of nitrogens with zero attached hydrogens (tertiary/aromatic N) is 7. The first kappa shape index (κ1) is 26.6. The summed E-state index contributed by atoms with van der Waals surface area (Å²) in [6.07, 6.45) is 2.91. The summed E-state index contributed by atoms with van der Waals surface area (Å²) >= 11 is 1.50. The predicted octanol–water partition coefficient (Wildman–Crippen LogP) is 4.20. The molecule has 1 aliphatic heterocycles. The van der Waals surface area contributed by atoms with Gasteiger partial charge in [-0.1, -0.05) is 6.92 Å². The second-order valence-electron chi connectivity index (χ2n) is 9.62. The number of hydrogen-bond acceptors (Lipinski definition) is 8. The lowest BCUT2D eigenvalue weighted by molar-refractivity contribution is -0.129. The van der Waals surface area contributed by atoms with Gasteiger partial charge in [-0.2, -0.15) is 5.26 Å². The maximum Gasteiger partial charge on any atom is 0.220 e. The molecule has 1 N–H and O–H groups in total. The van der Waals surface area contributed by atoms with Crippen molar-refractivity contribution in [3.63, 3.8) is 0 Å². The van der Waals surface area contributed by atoms with Crippen LogP contribution in [0.15, 0.2) is 41.9 Å². The molecule has 1 amide bonds. The van der Waals surface area contributed by atoms with Gasteiger partial charge in [0.1, 0.15) is 22.3 Å². The van der Waals surface area contributed by atoms with Crippen molar-refractivity contribution < 1.29 is 9.18 Å². The smallest absolute Gasteiger partial charge is 0.220 e. The Hall–Kier alpha value is -4.01. The number of piperazine rings is 1. The number of halogens is 1.